The smallest absolute Gasteiger partial charge is 0.323 e. The molecule has 1 aromatic heterocycles. The number of hydrogen-bond donors (Lipinski definition) is 1. The van der Waals surface area contributed by atoms with Crippen LogP contribution in [0.3, 0.4) is 0 Å². The Balaban J connectivity index is 2.11. The van der Waals surface area contributed by atoms with Crippen molar-refractivity contribution in [2.75, 3.05) is 0 Å². The van der Waals surface area contributed by atoms with Crippen LogP contribution >= 0.6 is 0 Å². The number of carboxylic acids is 1. The van der Waals surface area contributed by atoms with Gasteiger partial charge < -0.3 is 9.67 Å². The zero-order chi connectivity index (χ0) is 20.6. The predicted octanol–water partition coefficient (Wildman–Crippen LogP) is 5.66. The molecule has 0 atom stereocenters. The van der Waals surface area contributed by atoms with E-state index < -0.39 is 5.97 Å². The first-order chi connectivity index (χ1) is 14.1. The number of nitrogens with zero attached hydrogens (tertiary/aromatic N) is 1. The summed E-state index contributed by atoms with van der Waals surface area (Å²) in [4.78, 5) is 25.0. The number of carbonyl (C=O) groups is 1. The highest BCUT2D eigenvalue weighted by molar-refractivity contribution is 5.86. The number of unbranched alkanes of at least 4 members (excludes halogenated alkanes) is 5. The lowest BCUT2D eigenvalue weighted by atomic mass is 9.96. The SMILES string of the molecule is CCCCCCCCc1c(-c2ccccc2)c(=O)c2ccccc2n1CC(=O)O. The Hall–Kier alpha value is -2.88. The number of benzene rings is 2. The van der Waals surface area contributed by atoms with Gasteiger partial charge in [-0.15, -0.1) is 0 Å². The third kappa shape index (κ3) is 4.94. The summed E-state index contributed by atoms with van der Waals surface area (Å²) in [6.45, 7) is 2.05. The van der Waals surface area contributed by atoms with Crippen LogP contribution in [0.4, 0.5) is 0 Å². The number of para-hydroxylation sites is 1. The van der Waals surface area contributed by atoms with E-state index in [1.54, 1.807) is 6.07 Å². The summed E-state index contributed by atoms with van der Waals surface area (Å²) in [6, 6.07) is 16.9. The first-order valence-corrected chi connectivity index (χ1v) is 10.5. The van der Waals surface area contributed by atoms with Crippen molar-refractivity contribution < 1.29 is 9.90 Å². The second kappa shape index (κ2) is 10.1. The number of hydrogen-bond acceptors (Lipinski definition) is 2. The largest absolute Gasteiger partial charge is 0.480 e. The van der Waals surface area contributed by atoms with Crippen LogP contribution in [0.15, 0.2) is 59.4 Å². The lowest BCUT2D eigenvalue weighted by Crippen LogP contribution is -2.21. The Bertz CT molecular complexity index is 1020. The summed E-state index contributed by atoms with van der Waals surface area (Å²) in [5, 5.41) is 10.1. The number of pyridine rings is 1. The molecule has 1 N–H and O–H groups in total. The van der Waals surface area contributed by atoms with Gasteiger partial charge in [0.15, 0.2) is 5.43 Å². The Morgan fingerprint density at radius 1 is 0.897 bits per heavy atom. The zero-order valence-electron chi connectivity index (χ0n) is 17.1. The molecule has 0 bridgehead atoms. The van der Waals surface area contributed by atoms with E-state index in [1.165, 1.54) is 25.7 Å². The maximum absolute atomic E-state index is 13.4. The van der Waals surface area contributed by atoms with Crippen molar-refractivity contribution >= 4 is 16.9 Å². The Labute approximate surface area is 171 Å². The number of aliphatic carboxylic acids is 1. The van der Waals surface area contributed by atoms with E-state index in [2.05, 4.69) is 6.92 Å². The molecule has 0 spiro atoms. The molecule has 4 heteroatoms. The summed E-state index contributed by atoms with van der Waals surface area (Å²) in [5.41, 5.74) is 3.00. The summed E-state index contributed by atoms with van der Waals surface area (Å²) in [5.74, 6) is -0.901. The Morgan fingerprint density at radius 2 is 1.55 bits per heavy atom. The normalized spacial score (nSPS) is 11.1. The van der Waals surface area contributed by atoms with Crippen molar-refractivity contribution in [3.63, 3.8) is 0 Å². The maximum atomic E-state index is 13.4. The van der Waals surface area contributed by atoms with Gasteiger partial charge in [-0.2, -0.15) is 0 Å². The first-order valence-electron chi connectivity index (χ1n) is 10.5. The molecule has 3 rings (SSSR count). The third-order valence-corrected chi connectivity index (χ3v) is 5.40. The van der Waals surface area contributed by atoms with E-state index in [-0.39, 0.29) is 12.0 Å². The molecule has 0 aliphatic heterocycles. The lowest BCUT2D eigenvalue weighted by molar-refractivity contribution is -0.137. The van der Waals surface area contributed by atoms with Crippen LogP contribution in [0.2, 0.25) is 0 Å². The molecule has 0 aliphatic rings. The van der Waals surface area contributed by atoms with Crippen molar-refractivity contribution in [3.05, 3.63) is 70.5 Å². The highest BCUT2D eigenvalue weighted by atomic mass is 16.4. The molecule has 29 heavy (non-hydrogen) atoms. The van der Waals surface area contributed by atoms with Gasteiger partial charge in [0, 0.05) is 16.6 Å². The zero-order valence-corrected chi connectivity index (χ0v) is 17.1. The molecule has 4 nitrogen and oxygen atoms in total. The minimum absolute atomic E-state index is 0.0191. The fourth-order valence-corrected chi connectivity index (χ4v) is 4.00. The summed E-state index contributed by atoms with van der Waals surface area (Å²) < 4.78 is 1.83. The molecule has 0 unspecified atom stereocenters. The molecule has 0 fully saturated rings. The van der Waals surface area contributed by atoms with E-state index in [4.69, 9.17) is 0 Å². The standard InChI is InChI=1S/C25H29NO3/c1-2-3-4-5-6-10-17-22-24(19-13-8-7-9-14-19)25(29)20-15-11-12-16-21(20)26(22)18-23(27)28/h7-9,11-16H,2-6,10,17-18H2,1H3,(H,27,28). The quantitative estimate of drug-likeness (QED) is 0.454. The summed E-state index contributed by atoms with van der Waals surface area (Å²) in [6.07, 6.45) is 7.58. The number of carboxylic acid groups (broad SMARTS) is 1. The average Bonchev–Trinajstić information content (AvgIpc) is 2.73. The van der Waals surface area contributed by atoms with Gasteiger partial charge in [0.2, 0.25) is 0 Å². The molecule has 0 radical (unpaired) electrons. The van der Waals surface area contributed by atoms with E-state index in [1.807, 2.05) is 53.1 Å². The molecule has 0 saturated carbocycles. The van der Waals surface area contributed by atoms with Gasteiger partial charge in [0.25, 0.3) is 0 Å². The van der Waals surface area contributed by atoms with Crippen molar-refractivity contribution in [2.45, 2.75) is 58.4 Å². The van der Waals surface area contributed by atoms with Crippen LogP contribution in [0.5, 0.6) is 0 Å². The van der Waals surface area contributed by atoms with Crippen LogP contribution in [-0.4, -0.2) is 15.6 Å². The summed E-state index contributed by atoms with van der Waals surface area (Å²) in [7, 11) is 0. The van der Waals surface area contributed by atoms with E-state index in [0.29, 0.717) is 22.9 Å². The lowest BCUT2D eigenvalue weighted by Gasteiger charge is -2.20. The van der Waals surface area contributed by atoms with Crippen LogP contribution in [0, 0.1) is 0 Å². The van der Waals surface area contributed by atoms with Crippen LogP contribution in [0.25, 0.3) is 22.0 Å². The first kappa shape index (κ1) is 20.8. The fraction of sp³-hybridized carbons (Fsp3) is 0.360. The second-order valence-electron chi connectivity index (χ2n) is 7.53. The Kier molecular flexibility index (Phi) is 7.23. The highest BCUT2D eigenvalue weighted by Gasteiger charge is 2.19. The maximum Gasteiger partial charge on any atom is 0.323 e. The molecular weight excluding hydrogens is 362 g/mol. The molecule has 1 heterocycles. The van der Waals surface area contributed by atoms with E-state index >= 15 is 0 Å². The molecule has 2 aromatic carbocycles. The monoisotopic (exact) mass is 391 g/mol. The molecule has 3 aromatic rings. The van der Waals surface area contributed by atoms with Gasteiger partial charge in [0.05, 0.1) is 5.52 Å². The molecule has 152 valence electrons. The van der Waals surface area contributed by atoms with Crippen LogP contribution < -0.4 is 5.43 Å². The minimum atomic E-state index is -0.901. The average molecular weight is 392 g/mol. The molecule has 0 aliphatic carbocycles. The van der Waals surface area contributed by atoms with Crippen molar-refractivity contribution in [3.8, 4) is 11.1 Å². The van der Waals surface area contributed by atoms with Gasteiger partial charge in [-0.1, -0.05) is 81.5 Å². The molecule has 0 amide bonds. The van der Waals surface area contributed by atoms with Crippen molar-refractivity contribution in [2.24, 2.45) is 0 Å². The number of aromatic nitrogens is 1. The molecule has 0 saturated heterocycles. The fourth-order valence-electron chi connectivity index (χ4n) is 4.00. The summed E-state index contributed by atoms with van der Waals surface area (Å²) >= 11 is 0. The number of fused-ring (bicyclic) bond motifs is 1. The Morgan fingerprint density at radius 3 is 2.28 bits per heavy atom. The topological polar surface area (TPSA) is 59.3 Å². The van der Waals surface area contributed by atoms with Gasteiger partial charge in [-0.3, -0.25) is 9.59 Å². The van der Waals surface area contributed by atoms with Gasteiger partial charge in [0.1, 0.15) is 6.54 Å². The van der Waals surface area contributed by atoms with E-state index in [0.717, 1.165) is 24.1 Å². The van der Waals surface area contributed by atoms with E-state index in [9.17, 15) is 14.7 Å². The van der Waals surface area contributed by atoms with Gasteiger partial charge in [-0.05, 0) is 30.5 Å². The predicted molar refractivity (Wildman–Crippen MR) is 118 cm³/mol. The van der Waals surface area contributed by atoms with Gasteiger partial charge >= 0.3 is 5.97 Å². The second-order valence-corrected chi connectivity index (χ2v) is 7.53. The number of rotatable bonds is 10. The van der Waals surface area contributed by atoms with Crippen LogP contribution in [-0.2, 0) is 17.8 Å². The van der Waals surface area contributed by atoms with Crippen molar-refractivity contribution in [1.82, 2.24) is 4.57 Å². The molecular formula is C25H29NO3. The minimum Gasteiger partial charge on any atom is -0.480 e. The highest BCUT2D eigenvalue weighted by Crippen LogP contribution is 2.26. The van der Waals surface area contributed by atoms with Crippen molar-refractivity contribution in [1.29, 1.82) is 0 Å². The van der Waals surface area contributed by atoms with Crippen LogP contribution in [0.1, 0.15) is 51.1 Å². The third-order valence-electron chi connectivity index (χ3n) is 5.40. The van der Waals surface area contributed by atoms with Gasteiger partial charge in [-0.25, -0.2) is 0 Å².